The molecule has 1 saturated heterocycles. The number of aliphatic hydroxyl groups excluding tert-OH is 1. The van der Waals surface area contributed by atoms with Gasteiger partial charge in [-0.05, 0) is 49.9 Å². The number of hydrogen-bond acceptors (Lipinski definition) is 9. The van der Waals surface area contributed by atoms with E-state index in [9.17, 15) is 18.7 Å². The summed E-state index contributed by atoms with van der Waals surface area (Å²) in [7, 11) is 0. The number of amides is 1. The van der Waals surface area contributed by atoms with E-state index in [-0.39, 0.29) is 36.2 Å². The molecule has 45 heavy (non-hydrogen) atoms. The summed E-state index contributed by atoms with van der Waals surface area (Å²) in [6.07, 6.45) is -1.05. The molecule has 2 fully saturated rings. The number of ether oxygens (including phenoxy) is 3. The van der Waals surface area contributed by atoms with Gasteiger partial charge in [0.25, 0.3) is 6.43 Å². The van der Waals surface area contributed by atoms with Gasteiger partial charge in [-0.25, -0.2) is 13.8 Å². The van der Waals surface area contributed by atoms with Crippen molar-refractivity contribution in [3.05, 3.63) is 60.4 Å². The van der Waals surface area contributed by atoms with Crippen LogP contribution in [0.4, 0.5) is 20.4 Å². The molecule has 13 heteroatoms. The molecule has 11 nitrogen and oxygen atoms in total. The molecule has 0 radical (unpaired) electrons. The number of rotatable bonds is 7. The van der Waals surface area contributed by atoms with Crippen LogP contribution in [0.1, 0.15) is 37.9 Å². The average molecular weight is 621 g/mol. The average Bonchev–Trinajstić information content (AvgIpc) is 3.48. The maximum Gasteiger partial charge on any atom is 0.296 e. The van der Waals surface area contributed by atoms with Crippen LogP contribution in [0.25, 0.3) is 16.9 Å². The van der Waals surface area contributed by atoms with Crippen LogP contribution in [0.15, 0.2) is 54.6 Å². The van der Waals surface area contributed by atoms with Crippen molar-refractivity contribution in [1.82, 2.24) is 19.5 Å². The fraction of sp³-hybridized carbons (Fsp3) is 0.438. The Morgan fingerprint density at radius 2 is 1.76 bits per heavy atom. The van der Waals surface area contributed by atoms with E-state index in [2.05, 4.69) is 9.97 Å². The lowest BCUT2D eigenvalue weighted by atomic mass is 9.86. The van der Waals surface area contributed by atoms with E-state index in [0.717, 1.165) is 0 Å². The summed E-state index contributed by atoms with van der Waals surface area (Å²) in [6.45, 7) is 2.24. The fourth-order valence-electron chi connectivity index (χ4n) is 6.33. The standard InChI is InChI=1S/C32H34F2N6O5/c33-29(34)30-35-23-5-1-2-6-24(23)40(30)27-17-28(37-32(36-27)38-13-15-43-16-14-38)45-21-11-9-20(10-12-21)31(42)39-18-22(19-41)44-26-8-4-3-7-25(26)39/h1-8,17,20-22,29,41H,9-16,18-19H2. The second-order valence-corrected chi connectivity index (χ2v) is 11.5. The van der Waals surface area contributed by atoms with Gasteiger partial charge in [-0.1, -0.05) is 24.3 Å². The molecule has 0 spiro atoms. The second kappa shape index (κ2) is 12.6. The number of imidazole rings is 1. The minimum Gasteiger partial charge on any atom is -0.484 e. The number of carbonyl (C=O) groups is 1. The van der Waals surface area contributed by atoms with Crippen LogP contribution >= 0.6 is 0 Å². The summed E-state index contributed by atoms with van der Waals surface area (Å²) in [5.41, 5.74) is 1.67. The first-order valence-electron chi connectivity index (χ1n) is 15.3. The van der Waals surface area contributed by atoms with Gasteiger partial charge in [-0.2, -0.15) is 9.97 Å². The van der Waals surface area contributed by atoms with E-state index >= 15 is 0 Å². The van der Waals surface area contributed by atoms with Crippen LogP contribution < -0.4 is 19.3 Å². The number of fused-ring (bicyclic) bond motifs is 2. The normalized spacial score (nSPS) is 21.9. The summed E-state index contributed by atoms with van der Waals surface area (Å²) in [6, 6.07) is 15.9. The van der Waals surface area contributed by atoms with E-state index in [0.29, 0.717) is 86.9 Å². The number of nitrogens with zero attached hydrogens (tertiary/aromatic N) is 6. The quantitative estimate of drug-likeness (QED) is 0.323. The lowest BCUT2D eigenvalue weighted by Crippen LogP contribution is -2.48. The Balaban J connectivity index is 1.12. The molecule has 2 aliphatic heterocycles. The van der Waals surface area contributed by atoms with Gasteiger partial charge >= 0.3 is 0 Å². The van der Waals surface area contributed by atoms with Crippen molar-refractivity contribution in [2.24, 2.45) is 5.92 Å². The highest BCUT2D eigenvalue weighted by atomic mass is 19.3. The summed E-state index contributed by atoms with van der Waals surface area (Å²) in [4.78, 5) is 30.9. The zero-order valence-electron chi connectivity index (χ0n) is 24.6. The number of carbonyl (C=O) groups excluding carboxylic acids is 1. The number of para-hydroxylation sites is 4. The van der Waals surface area contributed by atoms with E-state index in [4.69, 9.17) is 19.2 Å². The number of aromatic nitrogens is 4. The van der Waals surface area contributed by atoms with Crippen molar-refractivity contribution in [2.45, 2.75) is 44.3 Å². The molecule has 1 aliphatic carbocycles. The molecule has 2 aromatic heterocycles. The first kappa shape index (κ1) is 29.4. The Morgan fingerprint density at radius 3 is 2.53 bits per heavy atom. The van der Waals surface area contributed by atoms with Crippen LogP contribution in [0.3, 0.4) is 0 Å². The number of halogens is 2. The zero-order valence-corrected chi connectivity index (χ0v) is 24.6. The Bertz CT molecular complexity index is 1670. The molecule has 0 bridgehead atoms. The topological polar surface area (TPSA) is 115 Å². The molecule has 236 valence electrons. The van der Waals surface area contributed by atoms with Crippen molar-refractivity contribution in [2.75, 3.05) is 49.3 Å². The molecule has 1 N–H and O–H groups in total. The lowest BCUT2D eigenvalue weighted by Gasteiger charge is -2.37. The fourth-order valence-corrected chi connectivity index (χ4v) is 6.33. The second-order valence-electron chi connectivity index (χ2n) is 11.5. The molecular formula is C32H34F2N6O5. The van der Waals surface area contributed by atoms with Crippen LogP contribution in [-0.4, -0.2) is 82.2 Å². The van der Waals surface area contributed by atoms with E-state index < -0.39 is 18.4 Å². The monoisotopic (exact) mass is 620 g/mol. The lowest BCUT2D eigenvalue weighted by molar-refractivity contribution is -0.124. The molecule has 4 heterocycles. The van der Waals surface area contributed by atoms with Crippen molar-refractivity contribution < 1.29 is 32.9 Å². The van der Waals surface area contributed by atoms with Crippen LogP contribution in [0, 0.1) is 5.92 Å². The third-order valence-electron chi connectivity index (χ3n) is 8.60. The molecule has 1 amide bonds. The van der Waals surface area contributed by atoms with Gasteiger partial charge in [-0.3, -0.25) is 9.36 Å². The summed E-state index contributed by atoms with van der Waals surface area (Å²) >= 11 is 0. The Labute approximate surface area is 258 Å². The number of alkyl halides is 2. The van der Waals surface area contributed by atoms with Crippen molar-refractivity contribution in [1.29, 1.82) is 0 Å². The molecule has 3 aliphatic rings. The number of benzene rings is 2. The molecule has 1 unspecified atom stereocenters. The number of anilines is 2. The molecule has 4 aromatic rings. The van der Waals surface area contributed by atoms with Gasteiger partial charge in [0.2, 0.25) is 17.7 Å². The highest BCUT2D eigenvalue weighted by Crippen LogP contribution is 2.37. The SMILES string of the molecule is O=C(C1CCC(Oc2cc(-n3c(C(F)F)nc4ccccc43)nc(N3CCOCC3)n2)CC1)N1CC(CO)Oc2ccccc21. The summed E-state index contributed by atoms with van der Waals surface area (Å²) < 4.78 is 47.5. The Hall–Kier alpha value is -4.36. The van der Waals surface area contributed by atoms with Gasteiger partial charge < -0.3 is 29.1 Å². The maximum absolute atomic E-state index is 14.2. The Kier molecular flexibility index (Phi) is 8.19. The molecule has 7 rings (SSSR count). The predicted molar refractivity (Wildman–Crippen MR) is 161 cm³/mol. The van der Waals surface area contributed by atoms with E-state index in [1.807, 2.05) is 23.1 Å². The van der Waals surface area contributed by atoms with Crippen LogP contribution in [0.5, 0.6) is 11.6 Å². The smallest absolute Gasteiger partial charge is 0.296 e. The van der Waals surface area contributed by atoms with Crippen molar-refractivity contribution >= 4 is 28.6 Å². The van der Waals surface area contributed by atoms with Crippen LogP contribution in [0.2, 0.25) is 0 Å². The number of morpholine rings is 1. The first-order chi connectivity index (χ1) is 22.0. The van der Waals surface area contributed by atoms with Crippen LogP contribution in [-0.2, 0) is 9.53 Å². The largest absolute Gasteiger partial charge is 0.484 e. The van der Waals surface area contributed by atoms with E-state index in [1.165, 1.54) is 4.57 Å². The van der Waals surface area contributed by atoms with E-state index in [1.54, 1.807) is 41.3 Å². The third kappa shape index (κ3) is 5.89. The molecule has 1 atom stereocenters. The number of aliphatic hydroxyl groups is 1. The molecule has 1 saturated carbocycles. The van der Waals surface area contributed by atoms with Crippen molar-refractivity contribution in [3.8, 4) is 17.4 Å². The molecule has 2 aromatic carbocycles. The van der Waals surface area contributed by atoms with Gasteiger partial charge in [0.15, 0.2) is 5.82 Å². The van der Waals surface area contributed by atoms with Crippen molar-refractivity contribution in [3.63, 3.8) is 0 Å². The number of hydrogen-bond donors (Lipinski definition) is 1. The zero-order chi connectivity index (χ0) is 30.9. The minimum absolute atomic E-state index is 0.00749. The first-order valence-corrected chi connectivity index (χ1v) is 15.3. The van der Waals surface area contributed by atoms with Gasteiger partial charge in [0.05, 0.1) is 43.1 Å². The predicted octanol–water partition coefficient (Wildman–Crippen LogP) is 4.31. The van der Waals surface area contributed by atoms with Gasteiger partial charge in [0, 0.05) is 25.1 Å². The highest BCUT2D eigenvalue weighted by Gasteiger charge is 2.36. The maximum atomic E-state index is 14.2. The third-order valence-corrected chi connectivity index (χ3v) is 8.60. The molecular weight excluding hydrogens is 586 g/mol. The van der Waals surface area contributed by atoms with Gasteiger partial charge in [0.1, 0.15) is 23.8 Å². The summed E-state index contributed by atoms with van der Waals surface area (Å²) in [5.74, 6) is 0.891. The summed E-state index contributed by atoms with van der Waals surface area (Å²) in [5, 5.41) is 9.74. The minimum atomic E-state index is -2.82. The Morgan fingerprint density at radius 1 is 1.00 bits per heavy atom. The highest BCUT2D eigenvalue weighted by molar-refractivity contribution is 5.97. The van der Waals surface area contributed by atoms with Gasteiger partial charge in [-0.15, -0.1) is 0 Å².